The van der Waals surface area contributed by atoms with Gasteiger partial charge >= 0.3 is 6.03 Å². The number of aromatic amines is 1. The van der Waals surface area contributed by atoms with Crippen LogP contribution in [0.15, 0.2) is 12.4 Å². The summed E-state index contributed by atoms with van der Waals surface area (Å²) < 4.78 is 5.67. The first-order valence-corrected chi connectivity index (χ1v) is 8.65. The summed E-state index contributed by atoms with van der Waals surface area (Å²) >= 11 is 0. The summed E-state index contributed by atoms with van der Waals surface area (Å²) in [6.07, 6.45) is 7.14. The topological polar surface area (TPSA) is 73.5 Å². The Labute approximate surface area is 137 Å². The highest BCUT2D eigenvalue weighted by atomic mass is 16.5. The maximum atomic E-state index is 12.5. The average molecular weight is 321 g/mol. The van der Waals surface area contributed by atoms with Crippen molar-refractivity contribution in [3.05, 3.63) is 18.2 Å². The third-order valence-corrected chi connectivity index (χ3v) is 4.77. The van der Waals surface area contributed by atoms with Gasteiger partial charge < -0.3 is 19.9 Å². The van der Waals surface area contributed by atoms with Crippen molar-refractivity contribution in [2.24, 2.45) is 0 Å². The van der Waals surface area contributed by atoms with E-state index in [0.29, 0.717) is 13.1 Å². The van der Waals surface area contributed by atoms with Crippen LogP contribution in [0.4, 0.5) is 4.79 Å². The predicted octanol–water partition coefficient (Wildman–Crippen LogP) is 1.37. The van der Waals surface area contributed by atoms with E-state index in [1.807, 2.05) is 11.1 Å². The lowest BCUT2D eigenvalue weighted by Gasteiger charge is -2.40. The summed E-state index contributed by atoms with van der Waals surface area (Å²) in [4.78, 5) is 24.3. The Morgan fingerprint density at radius 3 is 3.09 bits per heavy atom. The predicted molar refractivity (Wildman–Crippen MR) is 87.1 cm³/mol. The molecule has 23 heavy (non-hydrogen) atoms. The normalized spacial score (nSPS) is 26.2. The van der Waals surface area contributed by atoms with Gasteiger partial charge in [0.05, 0.1) is 12.1 Å². The van der Waals surface area contributed by atoms with Gasteiger partial charge in [0.1, 0.15) is 5.82 Å². The SMILES string of the molecule is CCN1CCN(C(=O)NC[C@@H]2CCCCO2)C[C@@H]1c1ncc[nH]1. The van der Waals surface area contributed by atoms with E-state index < -0.39 is 0 Å². The Hall–Kier alpha value is -1.60. The van der Waals surface area contributed by atoms with Gasteiger partial charge in [-0.1, -0.05) is 6.92 Å². The van der Waals surface area contributed by atoms with Gasteiger partial charge in [0.15, 0.2) is 0 Å². The number of nitrogens with one attached hydrogen (secondary N) is 2. The van der Waals surface area contributed by atoms with E-state index in [4.69, 9.17) is 4.74 Å². The number of ether oxygens (including phenoxy) is 1. The molecule has 2 saturated heterocycles. The number of rotatable bonds is 4. The second-order valence-corrected chi connectivity index (χ2v) is 6.24. The number of carbonyl (C=O) groups excluding carboxylic acids is 1. The van der Waals surface area contributed by atoms with Crippen LogP contribution in [0.1, 0.15) is 38.1 Å². The third kappa shape index (κ3) is 4.03. The fourth-order valence-corrected chi connectivity index (χ4v) is 3.38. The second-order valence-electron chi connectivity index (χ2n) is 6.24. The summed E-state index contributed by atoms with van der Waals surface area (Å²) in [5, 5.41) is 3.03. The lowest BCUT2D eigenvalue weighted by Crippen LogP contribution is -2.54. The molecular formula is C16H27N5O2. The Kier molecular flexibility index (Phi) is 5.51. The minimum Gasteiger partial charge on any atom is -0.376 e. The van der Waals surface area contributed by atoms with Crippen LogP contribution < -0.4 is 5.32 Å². The molecule has 2 N–H and O–H groups in total. The van der Waals surface area contributed by atoms with Gasteiger partial charge in [-0.15, -0.1) is 0 Å². The van der Waals surface area contributed by atoms with E-state index in [1.54, 1.807) is 6.20 Å². The molecule has 0 saturated carbocycles. The van der Waals surface area contributed by atoms with E-state index in [9.17, 15) is 4.79 Å². The fraction of sp³-hybridized carbons (Fsp3) is 0.750. The second kappa shape index (κ2) is 7.79. The summed E-state index contributed by atoms with van der Waals surface area (Å²) in [5.74, 6) is 0.931. The molecule has 0 unspecified atom stereocenters. The molecule has 2 aliphatic rings. The molecule has 0 radical (unpaired) electrons. The molecule has 3 heterocycles. The zero-order chi connectivity index (χ0) is 16.1. The monoisotopic (exact) mass is 321 g/mol. The molecule has 0 aliphatic carbocycles. The smallest absolute Gasteiger partial charge is 0.317 e. The van der Waals surface area contributed by atoms with Crippen molar-refractivity contribution in [3.63, 3.8) is 0 Å². The number of amides is 2. The van der Waals surface area contributed by atoms with Crippen molar-refractivity contribution in [1.29, 1.82) is 0 Å². The molecule has 7 nitrogen and oxygen atoms in total. The van der Waals surface area contributed by atoms with Crippen molar-refractivity contribution in [1.82, 2.24) is 25.1 Å². The summed E-state index contributed by atoms with van der Waals surface area (Å²) in [6.45, 7) is 6.81. The maximum absolute atomic E-state index is 12.5. The number of imidazole rings is 1. The number of urea groups is 1. The average Bonchev–Trinajstić information content (AvgIpc) is 3.14. The van der Waals surface area contributed by atoms with Gasteiger partial charge in [-0.3, -0.25) is 4.90 Å². The van der Waals surface area contributed by atoms with Crippen LogP contribution in [-0.2, 0) is 4.74 Å². The Morgan fingerprint density at radius 1 is 1.48 bits per heavy atom. The number of nitrogens with zero attached hydrogens (tertiary/aromatic N) is 3. The van der Waals surface area contributed by atoms with Gasteiger partial charge in [-0.2, -0.15) is 0 Å². The number of likely N-dealkylation sites (N-methyl/N-ethyl adjacent to an activating group) is 1. The summed E-state index contributed by atoms with van der Waals surface area (Å²) in [5.41, 5.74) is 0. The van der Waals surface area contributed by atoms with Crippen LogP contribution in [0.2, 0.25) is 0 Å². The van der Waals surface area contributed by atoms with Crippen molar-refractivity contribution in [3.8, 4) is 0 Å². The Balaban J connectivity index is 1.54. The zero-order valence-electron chi connectivity index (χ0n) is 13.8. The van der Waals surface area contributed by atoms with Crippen molar-refractivity contribution in [2.45, 2.75) is 38.3 Å². The number of hydrogen-bond acceptors (Lipinski definition) is 4. The van der Waals surface area contributed by atoms with Crippen LogP contribution in [0.5, 0.6) is 0 Å². The van der Waals surface area contributed by atoms with Gasteiger partial charge in [0.2, 0.25) is 0 Å². The molecular weight excluding hydrogens is 294 g/mol. The third-order valence-electron chi connectivity index (χ3n) is 4.77. The highest BCUT2D eigenvalue weighted by molar-refractivity contribution is 5.74. The number of H-pyrrole nitrogens is 1. The first kappa shape index (κ1) is 16.3. The molecule has 1 aromatic rings. The zero-order valence-corrected chi connectivity index (χ0v) is 13.8. The first-order valence-electron chi connectivity index (χ1n) is 8.65. The quantitative estimate of drug-likeness (QED) is 0.878. The van der Waals surface area contributed by atoms with Gasteiger partial charge in [0.25, 0.3) is 0 Å². The Morgan fingerprint density at radius 2 is 2.39 bits per heavy atom. The summed E-state index contributed by atoms with van der Waals surface area (Å²) in [6, 6.07) is 0.145. The van der Waals surface area contributed by atoms with Crippen LogP contribution >= 0.6 is 0 Å². The van der Waals surface area contributed by atoms with E-state index in [1.165, 1.54) is 6.42 Å². The van der Waals surface area contributed by atoms with Gasteiger partial charge in [-0.25, -0.2) is 9.78 Å². The largest absolute Gasteiger partial charge is 0.376 e. The number of hydrogen-bond donors (Lipinski definition) is 2. The highest BCUT2D eigenvalue weighted by Crippen LogP contribution is 2.22. The first-order chi connectivity index (χ1) is 11.3. The molecule has 2 atom stereocenters. The molecule has 0 aromatic carbocycles. The van der Waals surface area contributed by atoms with E-state index in [0.717, 1.165) is 44.9 Å². The van der Waals surface area contributed by atoms with Crippen LogP contribution in [0, 0.1) is 0 Å². The van der Waals surface area contributed by atoms with E-state index in [2.05, 4.69) is 27.1 Å². The molecule has 0 bridgehead atoms. The molecule has 3 rings (SSSR count). The van der Waals surface area contributed by atoms with Gasteiger partial charge in [-0.05, 0) is 25.8 Å². The maximum Gasteiger partial charge on any atom is 0.317 e. The molecule has 2 aliphatic heterocycles. The minimum atomic E-state index is 0.00600. The Bertz CT molecular complexity index is 487. The molecule has 7 heteroatoms. The summed E-state index contributed by atoms with van der Waals surface area (Å²) in [7, 11) is 0. The van der Waals surface area contributed by atoms with Crippen molar-refractivity contribution < 1.29 is 9.53 Å². The fourth-order valence-electron chi connectivity index (χ4n) is 3.38. The van der Waals surface area contributed by atoms with Crippen molar-refractivity contribution >= 4 is 6.03 Å². The molecule has 2 amide bonds. The van der Waals surface area contributed by atoms with Crippen LogP contribution in [0.25, 0.3) is 0 Å². The number of piperazine rings is 1. The number of aromatic nitrogens is 2. The minimum absolute atomic E-state index is 0.00600. The van der Waals surface area contributed by atoms with Crippen LogP contribution in [0.3, 0.4) is 0 Å². The van der Waals surface area contributed by atoms with E-state index >= 15 is 0 Å². The molecule has 1 aromatic heterocycles. The van der Waals surface area contributed by atoms with Crippen molar-refractivity contribution in [2.75, 3.05) is 39.3 Å². The molecule has 0 spiro atoms. The lowest BCUT2D eigenvalue weighted by atomic mass is 10.1. The van der Waals surface area contributed by atoms with Crippen LogP contribution in [-0.4, -0.2) is 71.2 Å². The highest BCUT2D eigenvalue weighted by Gasteiger charge is 2.31. The number of carbonyl (C=O) groups is 1. The van der Waals surface area contributed by atoms with E-state index in [-0.39, 0.29) is 18.2 Å². The standard InChI is InChI=1S/C16H27N5O2/c1-2-20-8-9-21(12-14(20)15-17-6-7-18-15)16(22)19-11-13-5-3-4-10-23-13/h6-7,13-14H,2-5,8-12H2,1H3,(H,17,18)(H,19,22)/t13-,14+/m0/s1. The van der Waals surface area contributed by atoms with Gasteiger partial charge in [0, 0.05) is 45.2 Å². The lowest BCUT2D eigenvalue weighted by molar-refractivity contribution is 0.0168. The molecule has 2 fully saturated rings. The molecule has 128 valence electrons.